The molecule has 0 spiro atoms. The van der Waals surface area contributed by atoms with Gasteiger partial charge in [0.25, 0.3) is 5.91 Å². The zero-order valence-electron chi connectivity index (χ0n) is 15.8. The number of aryl methyl sites for hydroxylation is 1. The first-order valence-corrected chi connectivity index (χ1v) is 8.76. The largest absolute Gasteiger partial charge is 0.493 e. The highest BCUT2D eigenvalue weighted by atomic mass is 16.5. The number of ketones is 1. The monoisotopic (exact) mass is 351 g/mol. The Bertz CT molecular complexity index is 805. The molecule has 0 saturated heterocycles. The molecule has 2 aromatic rings. The Morgan fingerprint density at radius 1 is 1.00 bits per heavy atom. The molecule has 4 nitrogen and oxygen atoms in total. The molecule has 2 rings (SSSR count). The summed E-state index contributed by atoms with van der Waals surface area (Å²) in [5.74, 6) is 0.629. The summed E-state index contributed by atoms with van der Waals surface area (Å²) in [4.78, 5) is 25.8. The van der Waals surface area contributed by atoms with Crippen molar-refractivity contribution in [3.63, 3.8) is 0 Å². The minimum atomic E-state index is -0.113. The van der Waals surface area contributed by atoms with Crippen LogP contribution in [0.2, 0.25) is 0 Å². The van der Waals surface area contributed by atoms with Crippen molar-refractivity contribution < 1.29 is 14.3 Å². The lowest BCUT2D eigenvalue weighted by molar-refractivity contribution is 0.0827. The van der Waals surface area contributed by atoms with Crippen molar-refractivity contribution in [2.45, 2.75) is 20.3 Å². The fourth-order valence-corrected chi connectivity index (χ4v) is 2.63. The van der Waals surface area contributed by atoms with E-state index in [4.69, 9.17) is 4.74 Å². The number of para-hydroxylation sites is 1. The van der Waals surface area contributed by atoms with E-state index >= 15 is 0 Å². The van der Waals surface area contributed by atoms with Crippen LogP contribution in [-0.4, -0.2) is 37.3 Å². The molecule has 0 fully saturated rings. The molecule has 4 heteroatoms. The van der Waals surface area contributed by atoms with Gasteiger partial charge in [-0.05, 0) is 43.2 Å². The topological polar surface area (TPSA) is 46.6 Å². The van der Waals surface area contributed by atoms with Gasteiger partial charge in [0.15, 0.2) is 5.78 Å². The first-order valence-electron chi connectivity index (χ1n) is 8.76. The summed E-state index contributed by atoms with van der Waals surface area (Å²) in [6, 6.07) is 12.6. The summed E-state index contributed by atoms with van der Waals surface area (Å²) in [7, 11) is 3.40. The van der Waals surface area contributed by atoms with E-state index in [-0.39, 0.29) is 11.7 Å². The number of ether oxygens (including phenoxy) is 1. The summed E-state index contributed by atoms with van der Waals surface area (Å²) in [5.41, 5.74) is 3.11. The number of carbonyl (C=O) groups is 2. The van der Waals surface area contributed by atoms with E-state index in [1.165, 1.54) is 4.90 Å². The number of hydrogen-bond donors (Lipinski definition) is 0. The molecule has 0 bridgehead atoms. The maximum Gasteiger partial charge on any atom is 0.253 e. The number of rotatable bonds is 7. The van der Waals surface area contributed by atoms with Crippen molar-refractivity contribution in [3.05, 3.63) is 70.8 Å². The van der Waals surface area contributed by atoms with Gasteiger partial charge in [-0.25, -0.2) is 0 Å². The van der Waals surface area contributed by atoms with Gasteiger partial charge in [0.05, 0.1) is 6.61 Å². The number of carbonyl (C=O) groups excluding carboxylic acids is 2. The highest BCUT2D eigenvalue weighted by molar-refractivity contribution is 6.07. The van der Waals surface area contributed by atoms with E-state index in [9.17, 15) is 9.59 Å². The Balaban J connectivity index is 2.21. The Labute approximate surface area is 155 Å². The molecule has 0 aliphatic rings. The van der Waals surface area contributed by atoms with E-state index in [0.717, 1.165) is 23.3 Å². The fraction of sp³-hybridized carbons (Fsp3) is 0.273. The highest BCUT2D eigenvalue weighted by Gasteiger charge is 2.10. The number of hydrogen-bond acceptors (Lipinski definition) is 3. The van der Waals surface area contributed by atoms with Crippen LogP contribution in [0, 0.1) is 0 Å². The second kappa shape index (κ2) is 8.99. The molecule has 26 heavy (non-hydrogen) atoms. The Kier molecular flexibility index (Phi) is 6.73. The Hall–Kier alpha value is -2.88. The number of benzene rings is 2. The van der Waals surface area contributed by atoms with Crippen LogP contribution in [0.15, 0.2) is 48.5 Å². The van der Waals surface area contributed by atoms with E-state index in [1.807, 2.05) is 25.1 Å². The van der Waals surface area contributed by atoms with Gasteiger partial charge >= 0.3 is 0 Å². The summed E-state index contributed by atoms with van der Waals surface area (Å²) in [6.07, 6.45) is 4.19. The van der Waals surface area contributed by atoms with Gasteiger partial charge in [0.1, 0.15) is 5.75 Å². The van der Waals surface area contributed by atoms with E-state index in [2.05, 4.69) is 6.92 Å². The van der Waals surface area contributed by atoms with Gasteiger partial charge in [-0.3, -0.25) is 9.59 Å². The molecular weight excluding hydrogens is 326 g/mol. The van der Waals surface area contributed by atoms with Gasteiger partial charge in [0, 0.05) is 30.8 Å². The molecule has 0 aliphatic carbocycles. The smallest absolute Gasteiger partial charge is 0.253 e. The first-order chi connectivity index (χ1) is 12.5. The molecular formula is C22H25NO3. The van der Waals surface area contributed by atoms with Gasteiger partial charge in [0.2, 0.25) is 0 Å². The van der Waals surface area contributed by atoms with E-state index in [1.54, 1.807) is 50.5 Å². The van der Waals surface area contributed by atoms with Gasteiger partial charge in [-0.15, -0.1) is 0 Å². The van der Waals surface area contributed by atoms with Gasteiger partial charge < -0.3 is 9.64 Å². The molecule has 0 unspecified atom stereocenters. The summed E-state index contributed by atoms with van der Waals surface area (Å²) in [6.45, 7) is 4.60. The van der Waals surface area contributed by atoms with Crippen LogP contribution < -0.4 is 4.74 Å². The molecule has 0 atom stereocenters. The standard InChI is InChI=1S/C22H25NO3/c1-5-16-8-7-9-18(21(16)26-6-2)14-15-20(24)17-10-12-19(13-11-17)22(25)23(3)4/h7-15H,5-6H2,1-4H3/b15-14+. The van der Waals surface area contributed by atoms with E-state index in [0.29, 0.717) is 17.7 Å². The SMILES string of the molecule is CCOc1c(/C=C/C(=O)c2ccc(C(=O)N(C)C)cc2)cccc1CC. The third-order valence-electron chi connectivity index (χ3n) is 4.03. The van der Waals surface area contributed by atoms with Gasteiger partial charge in [-0.1, -0.05) is 37.3 Å². The van der Waals surface area contributed by atoms with Crippen LogP contribution in [0.5, 0.6) is 5.75 Å². The number of allylic oxidation sites excluding steroid dienone is 1. The lowest BCUT2D eigenvalue weighted by Crippen LogP contribution is -2.21. The number of nitrogens with zero attached hydrogens (tertiary/aromatic N) is 1. The highest BCUT2D eigenvalue weighted by Crippen LogP contribution is 2.26. The average molecular weight is 351 g/mol. The average Bonchev–Trinajstić information content (AvgIpc) is 2.66. The van der Waals surface area contributed by atoms with Crippen LogP contribution in [0.4, 0.5) is 0 Å². The second-order valence-electron chi connectivity index (χ2n) is 6.10. The zero-order chi connectivity index (χ0) is 19.1. The van der Waals surface area contributed by atoms with Crippen molar-refractivity contribution >= 4 is 17.8 Å². The first kappa shape index (κ1) is 19.4. The molecule has 0 saturated carbocycles. The third-order valence-corrected chi connectivity index (χ3v) is 4.03. The predicted molar refractivity (Wildman–Crippen MR) is 105 cm³/mol. The summed E-state index contributed by atoms with van der Waals surface area (Å²) >= 11 is 0. The van der Waals surface area contributed by atoms with Crippen molar-refractivity contribution in [3.8, 4) is 5.75 Å². The fourth-order valence-electron chi connectivity index (χ4n) is 2.63. The molecule has 0 aliphatic heterocycles. The second-order valence-corrected chi connectivity index (χ2v) is 6.10. The van der Waals surface area contributed by atoms with Crippen LogP contribution in [-0.2, 0) is 6.42 Å². The number of amides is 1. The van der Waals surface area contributed by atoms with Crippen LogP contribution >= 0.6 is 0 Å². The quantitative estimate of drug-likeness (QED) is 0.553. The minimum absolute atomic E-state index is 0.0859. The van der Waals surface area contributed by atoms with Crippen molar-refractivity contribution in [2.24, 2.45) is 0 Å². The lowest BCUT2D eigenvalue weighted by atomic mass is 10.0. The molecule has 2 aromatic carbocycles. The normalized spacial score (nSPS) is 10.8. The van der Waals surface area contributed by atoms with Gasteiger partial charge in [-0.2, -0.15) is 0 Å². The maximum absolute atomic E-state index is 12.4. The van der Waals surface area contributed by atoms with Crippen LogP contribution in [0.1, 0.15) is 45.7 Å². The van der Waals surface area contributed by atoms with Crippen molar-refractivity contribution in [2.75, 3.05) is 20.7 Å². The molecule has 0 aromatic heterocycles. The molecule has 0 radical (unpaired) electrons. The zero-order valence-corrected chi connectivity index (χ0v) is 15.8. The molecule has 136 valence electrons. The predicted octanol–water partition coefficient (Wildman–Crippen LogP) is 4.25. The Morgan fingerprint density at radius 3 is 2.23 bits per heavy atom. The molecule has 0 N–H and O–H groups in total. The lowest BCUT2D eigenvalue weighted by Gasteiger charge is -2.12. The third kappa shape index (κ3) is 4.60. The van der Waals surface area contributed by atoms with Crippen molar-refractivity contribution in [1.29, 1.82) is 0 Å². The molecule has 0 heterocycles. The molecule has 1 amide bonds. The Morgan fingerprint density at radius 2 is 1.65 bits per heavy atom. The summed E-state index contributed by atoms with van der Waals surface area (Å²) in [5, 5.41) is 0. The van der Waals surface area contributed by atoms with Crippen LogP contribution in [0.3, 0.4) is 0 Å². The minimum Gasteiger partial charge on any atom is -0.493 e. The summed E-state index contributed by atoms with van der Waals surface area (Å²) < 4.78 is 5.76. The van der Waals surface area contributed by atoms with E-state index < -0.39 is 0 Å². The van der Waals surface area contributed by atoms with Crippen molar-refractivity contribution in [1.82, 2.24) is 4.90 Å². The maximum atomic E-state index is 12.4. The van der Waals surface area contributed by atoms with Crippen LogP contribution in [0.25, 0.3) is 6.08 Å².